The number of carboxylic acids is 1. The summed E-state index contributed by atoms with van der Waals surface area (Å²) in [4.78, 5) is 24.4. The lowest BCUT2D eigenvalue weighted by molar-refractivity contribution is 0.0533. The van der Waals surface area contributed by atoms with E-state index in [1.807, 2.05) is 13.8 Å². The molecule has 7 nitrogen and oxygen atoms in total. The Labute approximate surface area is 215 Å². The molecule has 0 saturated carbocycles. The van der Waals surface area contributed by atoms with E-state index < -0.39 is 22.1 Å². The van der Waals surface area contributed by atoms with Gasteiger partial charge in [0.05, 0.1) is 5.56 Å². The monoisotopic (exact) mass is 518 g/mol. The van der Waals surface area contributed by atoms with E-state index in [2.05, 4.69) is 6.58 Å². The summed E-state index contributed by atoms with van der Waals surface area (Å²) in [6.45, 7) is 9.35. The number of benzene rings is 3. The van der Waals surface area contributed by atoms with Crippen molar-refractivity contribution in [1.29, 1.82) is 0 Å². The van der Waals surface area contributed by atoms with Crippen molar-refractivity contribution in [2.24, 2.45) is 0 Å². The van der Waals surface area contributed by atoms with Crippen LogP contribution in [0, 0.1) is 20.8 Å². The number of rotatable bonds is 8. The molecule has 1 aliphatic heterocycles. The number of aryl methyl sites for hydroxylation is 2. The molecule has 1 heterocycles. The number of allylic oxidation sites excluding steroid dienone is 1. The first-order valence-corrected chi connectivity index (χ1v) is 12.9. The fraction of sp³-hybridized carbons (Fsp3) is 0.172. The van der Waals surface area contributed by atoms with Crippen LogP contribution in [0.25, 0.3) is 12.2 Å². The molecule has 4 rings (SSSR count). The van der Waals surface area contributed by atoms with Crippen LogP contribution < -0.4 is 4.18 Å². The van der Waals surface area contributed by atoms with Gasteiger partial charge in [0, 0.05) is 11.1 Å². The Balaban J connectivity index is 1.86. The minimum Gasteiger partial charge on any atom is -0.478 e. The molecule has 3 aromatic rings. The molecule has 37 heavy (non-hydrogen) atoms. The number of carbonyl (C=O) groups excluding carboxylic acids is 1. The molecule has 190 valence electrons. The van der Waals surface area contributed by atoms with Gasteiger partial charge in [-0.3, -0.25) is 0 Å². The molecule has 0 bridgehead atoms. The van der Waals surface area contributed by atoms with Gasteiger partial charge in [-0.15, -0.1) is 0 Å². The van der Waals surface area contributed by atoms with Crippen molar-refractivity contribution in [2.45, 2.75) is 38.7 Å². The standard InChI is InChI=1S/C29H26O7S/c1-5-21-19(4)25-16-35-29(32)26(25)27(36-37(33,34)20-14-12-17(2)13-15-20)23(21)10-7-9-22-18(3)8-6-11-24(22)28(30)31/h5-9,11-15H,1,10,16H2,2-4H3,(H,30,31)/b9-7+. The van der Waals surface area contributed by atoms with Gasteiger partial charge in [-0.05, 0) is 67.6 Å². The molecule has 1 aliphatic rings. The lowest BCUT2D eigenvalue weighted by atomic mass is 9.90. The zero-order chi connectivity index (χ0) is 26.9. The summed E-state index contributed by atoms with van der Waals surface area (Å²) in [5, 5.41) is 9.57. The Morgan fingerprint density at radius 3 is 2.46 bits per heavy atom. The molecule has 3 aromatic carbocycles. The first-order chi connectivity index (χ1) is 17.5. The molecule has 0 aliphatic carbocycles. The Bertz CT molecular complexity index is 1560. The smallest absolute Gasteiger partial charge is 0.342 e. The fourth-order valence-corrected chi connectivity index (χ4v) is 5.38. The molecular weight excluding hydrogens is 492 g/mol. The van der Waals surface area contributed by atoms with E-state index in [1.54, 1.807) is 49.4 Å². The minimum atomic E-state index is -4.28. The number of esters is 1. The second kappa shape index (κ2) is 10.1. The molecule has 0 aromatic heterocycles. The molecule has 0 amide bonds. The summed E-state index contributed by atoms with van der Waals surface area (Å²) >= 11 is 0. The van der Waals surface area contributed by atoms with Gasteiger partial charge in [-0.2, -0.15) is 8.42 Å². The maximum Gasteiger partial charge on any atom is 0.342 e. The molecule has 0 radical (unpaired) electrons. The van der Waals surface area contributed by atoms with E-state index in [0.717, 1.165) is 16.7 Å². The molecule has 0 spiro atoms. The lowest BCUT2D eigenvalue weighted by Gasteiger charge is -2.18. The molecule has 0 saturated heterocycles. The van der Waals surface area contributed by atoms with Crippen molar-refractivity contribution in [3.05, 3.63) is 105 Å². The highest BCUT2D eigenvalue weighted by atomic mass is 32.2. The summed E-state index contributed by atoms with van der Waals surface area (Å²) < 4.78 is 37.4. The Morgan fingerprint density at radius 2 is 1.81 bits per heavy atom. The zero-order valence-electron chi connectivity index (χ0n) is 20.7. The molecular formula is C29H26O7S. The van der Waals surface area contributed by atoms with Crippen molar-refractivity contribution < 1.29 is 32.0 Å². The van der Waals surface area contributed by atoms with Crippen LogP contribution in [0.3, 0.4) is 0 Å². The first-order valence-electron chi connectivity index (χ1n) is 11.5. The fourth-order valence-electron chi connectivity index (χ4n) is 4.41. The summed E-state index contributed by atoms with van der Waals surface area (Å²) in [7, 11) is -4.28. The van der Waals surface area contributed by atoms with Crippen LogP contribution in [0.1, 0.15) is 59.7 Å². The van der Waals surface area contributed by atoms with Crippen LogP contribution >= 0.6 is 0 Å². The van der Waals surface area contributed by atoms with Crippen molar-refractivity contribution >= 4 is 34.2 Å². The number of hydrogen-bond donors (Lipinski definition) is 1. The van der Waals surface area contributed by atoms with Crippen LogP contribution in [0.2, 0.25) is 0 Å². The molecule has 8 heteroatoms. The van der Waals surface area contributed by atoms with Crippen molar-refractivity contribution in [3.63, 3.8) is 0 Å². The normalized spacial score (nSPS) is 12.9. The third kappa shape index (κ3) is 4.93. The summed E-state index contributed by atoms with van der Waals surface area (Å²) in [5.74, 6) is -1.83. The van der Waals surface area contributed by atoms with Crippen molar-refractivity contribution in [3.8, 4) is 5.75 Å². The quantitative estimate of drug-likeness (QED) is 0.303. The average molecular weight is 519 g/mol. The average Bonchev–Trinajstić information content (AvgIpc) is 3.24. The van der Waals surface area contributed by atoms with E-state index in [9.17, 15) is 23.1 Å². The SMILES string of the molecule is C=Cc1c(C)c2c(c(OS(=O)(=O)c3ccc(C)cc3)c1C/C=C/c1c(C)cccc1C(=O)O)C(=O)OC2. The maximum atomic E-state index is 13.2. The van der Waals surface area contributed by atoms with Gasteiger partial charge in [0.2, 0.25) is 0 Å². The number of hydrogen-bond acceptors (Lipinski definition) is 6. The Morgan fingerprint density at radius 1 is 1.11 bits per heavy atom. The van der Waals surface area contributed by atoms with E-state index in [1.165, 1.54) is 18.2 Å². The highest BCUT2D eigenvalue weighted by molar-refractivity contribution is 7.87. The third-order valence-corrected chi connectivity index (χ3v) is 7.64. The highest BCUT2D eigenvalue weighted by Crippen LogP contribution is 2.40. The van der Waals surface area contributed by atoms with Gasteiger partial charge in [0.25, 0.3) is 0 Å². The van der Waals surface area contributed by atoms with Gasteiger partial charge in [-0.25, -0.2) is 9.59 Å². The largest absolute Gasteiger partial charge is 0.478 e. The van der Waals surface area contributed by atoms with E-state index in [0.29, 0.717) is 22.3 Å². The summed E-state index contributed by atoms with van der Waals surface area (Å²) in [6.07, 6.45) is 5.12. The van der Waals surface area contributed by atoms with Crippen LogP contribution in [-0.2, 0) is 27.9 Å². The molecule has 0 unspecified atom stereocenters. The van der Waals surface area contributed by atoms with Gasteiger partial charge in [0.15, 0.2) is 5.75 Å². The van der Waals surface area contributed by atoms with Crippen LogP contribution in [0.5, 0.6) is 5.75 Å². The summed E-state index contributed by atoms with van der Waals surface area (Å²) in [5.41, 5.74) is 4.75. The number of fused-ring (bicyclic) bond motifs is 1. The zero-order valence-corrected chi connectivity index (χ0v) is 21.5. The predicted molar refractivity (Wildman–Crippen MR) is 140 cm³/mol. The number of aromatic carboxylic acids is 1. The molecule has 0 fully saturated rings. The van der Waals surface area contributed by atoms with Crippen LogP contribution in [0.15, 0.2) is 60.0 Å². The Hall–Kier alpha value is -4.17. The lowest BCUT2D eigenvalue weighted by Crippen LogP contribution is -2.15. The number of ether oxygens (including phenoxy) is 1. The Kier molecular flexibility index (Phi) is 7.05. The number of carbonyl (C=O) groups is 2. The molecule has 0 atom stereocenters. The maximum absolute atomic E-state index is 13.2. The van der Waals surface area contributed by atoms with E-state index in [-0.39, 0.29) is 34.8 Å². The minimum absolute atomic E-state index is 0.00306. The highest BCUT2D eigenvalue weighted by Gasteiger charge is 2.34. The van der Waals surface area contributed by atoms with Gasteiger partial charge in [-0.1, -0.05) is 54.6 Å². The third-order valence-electron chi connectivity index (χ3n) is 6.40. The first kappa shape index (κ1) is 25.9. The summed E-state index contributed by atoms with van der Waals surface area (Å²) in [6, 6.07) is 11.2. The van der Waals surface area contributed by atoms with E-state index in [4.69, 9.17) is 8.92 Å². The van der Waals surface area contributed by atoms with Crippen LogP contribution in [-0.4, -0.2) is 25.5 Å². The van der Waals surface area contributed by atoms with Gasteiger partial charge < -0.3 is 14.0 Å². The van der Waals surface area contributed by atoms with Crippen LogP contribution in [0.4, 0.5) is 0 Å². The molecule has 1 N–H and O–H groups in total. The van der Waals surface area contributed by atoms with Gasteiger partial charge >= 0.3 is 22.1 Å². The van der Waals surface area contributed by atoms with Gasteiger partial charge in [0.1, 0.15) is 17.1 Å². The second-order valence-electron chi connectivity index (χ2n) is 8.78. The number of carboxylic acid groups (broad SMARTS) is 1. The van der Waals surface area contributed by atoms with Crippen molar-refractivity contribution in [2.75, 3.05) is 0 Å². The van der Waals surface area contributed by atoms with E-state index >= 15 is 0 Å². The second-order valence-corrected chi connectivity index (χ2v) is 10.3. The predicted octanol–water partition coefficient (Wildman–Crippen LogP) is 5.65. The van der Waals surface area contributed by atoms with Crippen molar-refractivity contribution in [1.82, 2.24) is 0 Å². The number of cyclic esters (lactones) is 1. The topological polar surface area (TPSA) is 107 Å².